The number of carbonyl (C=O) groups is 2. The molecule has 0 bridgehead atoms. The number of urea groups is 1. The van der Waals surface area contributed by atoms with Crippen LogP contribution in [0, 0.1) is 26.2 Å². The van der Waals surface area contributed by atoms with E-state index in [-0.39, 0.29) is 6.54 Å². The number of aromatic nitrogens is 2. The molecule has 0 radical (unpaired) electrons. The minimum absolute atomic E-state index is 0.0322. The first kappa shape index (κ1) is 16.6. The van der Waals surface area contributed by atoms with Gasteiger partial charge < -0.3 is 15.3 Å². The highest BCUT2D eigenvalue weighted by molar-refractivity contribution is 5.80. The van der Waals surface area contributed by atoms with Crippen LogP contribution in [-0.4, -0.2) is 51.4 Å². The third-order valence-corrected chi connectivity index (χ3v) is 2.82. The zero-order chi connectivity index (χ0) is 15.8. The zero-order valence-electron chi connectivity index (χ0n) is 12.3. The molecule has 0 fully saturated rings. The fourth-order valence-corrected chi connectivity index (χ4v) is 1.91. The summed E-state index contributed by atoms with van der Waals surface area (Å²) in [5, 5.41) is 15.7. The van der Waals surface area contributed by atoms with Gasteiger partial charge in [0.05, 0.1) is 12.2 Å². The number of carboxylic acids is 1. The standard InChI is InChI=1S/C14H20N4O3/c1-4-7-17(10-13(19)20)14(21)15-6-5-8-18-12(3)9-11(2)16-18/h1,9H,5-8,10H2,2-3H3,(H,15,21)(H,19,20). The summed E-state index contributed by atoms with van der Waals surface area (Å²) in [5.41, 5.74) is 2.02. The lowest BCUT2D eigenvalue weighted by atomic mass is 10.4. The van der Waals surface area contributed by atoms with Gasteiger partial charge >= 0.3 is 12.0 Å². The molecule has 0 aliphatic heterocycles. The maximum Gasteiger partial charge on any atom is 0.323 e. The Balaban J connectivity index is 2.36. The Bertz CT molecular complexity index is 545. The first-order valence-corrected chi connectivity index (χ1v) is 6.63. The Labute approximate surface area is 123 Å². The summed E-state index contributed by atoms with van der Waals surface area (Å²) in [6.07, 6.45) is 5.82. The number of amides is 2. The van der Waals surface area contributed by atoms with E-state index in [1.165, 1.54) is 0 Å². The van der Waals surface area contributed by atoms with Crippen molar-refractivity contribution < 1.29 is 14.7 Å². The Morgan fingerprint density at radius 2 is 2.24 bits per heavy atom. The fraction of sp³-hybridized carbons (Fsp3) is 0.500. The van der Waals surface area contributed by atoms with Crippen molar-refractivity contribution in [1.82, 2.24) is 20.0 Å². The fourth-order valence-electron chi connectivity index (χ4n) is 1.91. The molecule has 0 unspecified atom stereocenters. The number of rotatable bonds is 7. The molecule has 7 heteroatoms. The van der Waals surface area contributed by atoms with Gasteiger partial charge in [0.25, 0.3) is 0 Å². The van der Waals surface area contributed by atoms with E-state index in [1.54, 1.807) is 0 Å². The number of terminal acetylenes is 1. The Morgan fingerprint density at radius 1 is 1.52 bits per heavy atom. The third kappa shape index (κ3) is 5.57. The van der Waals surface area contributed by atoms with Crippen LogP contribution in [0.15, 0.2) is 6.07 Å². The number of hydrogen-bond donors (Lipinski definition) is 2. The topological polar surface area (TPSA) is 87.5 Å². The number of hydrogen-bond acceptors (Lipinski definition) is 3. The highest BCUT2D eigenvalue weighted by Crippen LogP contribution is 2.02. The van der Waals surface area contributed by atoms with Crippen molar-refractivity contribution >= 4 is 12.0 Å². The molecule has 0 aliphatic rings. The van der Waals surface area contributed by atoms with Gasteiger partial charge in [0, 0.05) is 18.8 Å². The molecule has 2 amide bonds. The molecule has 1 aromatic rings. The van der Waals surface area contributed by atoms with Crippen LogP contribution in [-0.2, 0) is 11.3 Å². The van der Waals surface area contributed by atoms with Gasteiger partial charge in [0.15, 0.2) is 0 Å². The first-order chi connectivity index (χ1) is 9.93. The molecular formula is C14H20N4O3. The summed E-state index contributed by atoms with van der Waals surface area (Å²) in [5.74, 6) is 1.17. The van der Waals surface area contributed by atoms with Crippen LogP contribution in [0.1, 0.15) is 17.8 Å². The molecule has 0 saturated carbocycles. The van der Waals surface area contributed by atoms with E-state index >= 15 is 0 Å². The first-order valence-electron chi connectivity index (χ1n) is 6.63. The minimum Gasteiger partial charge on any atom is -0.480 e. The molecule has 21 heavy (non-hydrogen) atoms. The summed E-state index contributed by atoms with van der Waals surface area (Å²) in [6, 6.07) is 1.52. The molecule has 0 aliphatic carbocycles. The van der Waals surface area contributed by atoms with Crippen LogP contribution in [0.2, 0.25) is 0 Å². The highest BCUT2D eigenvalue weighted by Gasteiger charge is 2.14. The molecule has 0 saturated heterocycles. The van der Waals surface area contributed by atoms with E-state index in [4.69, 9.17) is 11.5 Å². The summed E-state index contributed by atoms with van der Waals surface area (Å²) in [4.78, 5) is 23.5. The Kier molecular flexibility index (Phi) is 6.27. The van der Waals surface area contributed by atoms with Crippen LogP contribution in [0.5, 0.6) is 0 Å². The van der Waals surface area contributed by atoms with Crippen molar-refractivity contribution in [3.63, 3.8) is 0 Å². The molecule has 2 N–H and O–H groups in total. The second kappa shape index (κ2) is 7.94. The molecule has 1 aromatic heterocycles. The predicted octanol–water partition coefficient (Wildman–Crippen LogP) is 0.619. The van der Waals surface area contributed by atoms with Gasteiger partial charge in [-0.15, -0.1) is 6.42 Å². The van der Waals surface area contributed by atoms with Gasteiger partial charge in [-0.2, -0.15) is 5.10 Å². The van der Waals surface area contributed by atoms with Crippen molar-refractivity contribution in [2.75, 3.05) is 19.6 Å². The second-order valence-corrected chi connectivity index (χ2v) is 4.69. The quantitative estimate of drug-likeness (QED) is 0.569. The number of carbonyl (C=O) groups excluding carboxylic acids is 1. The predicted molar refractivity (Wildman–Crippen MR) is 77.8 cm³/mol. The van der Waals surface area contributed by atoms with E-state index in [0.717, 1.165) is 16.3 Å². The lowest BCUT2D eigenvalue weighted by Gasteiger charge is -2.18. The van der Waals surface area contributed by atoms with E-state index in [1.807, 2.05) is 24.6 Å². The molecular weight excluding hydrogens is 272 g/mol. The number of aliphatic carboxylic acids is 1. The lowest BCUT2D eigenvalue weighted by molar-refractivity contribution is -0.137. The third-order valence-electron chi connectivity index (χ3n) is 2.82. The van der Waals surface area contributed by atoms with E-state index in [2.05, 4.69) is 16.3 Å². The van der Waals surface area contributed by atoms with Crippen LogP contribution in [0.3, 0.4) is 0 Å². The summed E-state index contributed by atoms with van der Waals surface area (Å²) in [7, 11) is 0. The molecule has 0 atom stereocenters. The number of carboxylic acid groups (broad SMARTS) is 1. The van der Waals surface area contributed by atoms with Crippen LogP contribution in [0.25, 0.3) is 0 Å². The lowest BCUT2D eigenvalue weighted by Crippen LogP contribution is -2.43. The van der Waals surface area contributed by atoms with Gasteiger partial charge in [0.1, 0.15) is 6.54 Å². The maximum absolute atomic E-state index is 11.8. The molecule has 1 heterocycles. The van der Waals surface area contributed by atoms with Crippen molar-refractivity contribution in [2.45, 2.75) is 26.8 Å². The number of nitrogens with zero attached hydrogens (tertiary/aromatic N) is 3. The second-order valence-electron chi connectivity index (χ2n) is 4.69. The molecule has 1 rings (SSSR count). The SMILES string of the molecule is C#CCN(CC(=O)O)C(=O)NCCCn1nc(C)cc1C. The van der Waals surface area contributed by atoms with E-state index in [0.29, 0.717) is 19.5 Å². The average Bonchev–Trinajstić information content (AvgIpc) is 2.72. The largest absolute Gasteiger partial charge is 0.480 e. The van der Waals surface area contributed by atoms with Gasteiger partial charge in [0.2, 0.25) is 0 Å². The number of aryl methyl sites for hydroxylation is 3. The van der Waals surface area contributed by atoms with E-state index in [9.17, 15) is 9.59 Å². The van der Waals surface area contributed by atoms with Crippen molar-refractivity contribution in [2.24, 2.45) is 0 Å². The Hall–Kier alpha value is -2.49. The Morgan fingerprint density at radius 3 is 2.76 bits per heavy atom. The van der Waals surface area contributed by atoms with Gasteiger partial charge in [-0.05, 0) is 26.3 Å². The van der Waals surface area contributed by atoms with Gasteiger partial charge in [-0.1, -0.05) is 5.92 Å². The van der Waals surface area contributed by atoms with E-state index < -0.39 is 18.5 Å². The average molecular weight is 292 g/mol. The zero-order valence-corrected chi connectivity index (χ0v) is 12.3. The summed E-state index contributed by atoms with van der Waals surface area (Å²) >= 11 is 0. The van der Waals surface area contributed by atoms with Crippen molar-refractivity contribution in [3.05, 3.63) is 17.5 Å². The van der Waals surface area contributed by atoms with Crippen molar-refractivity contribution in [3.8, 4) is 12.3 Å². The molecule has 7 nitrogen and oxygen atoms in total. The molecule has 114 valence electrons. The van der Waals surface area contributed by atoms with Crippen molar-refractivity contribution in [1.29, 1.82) is 0 Å². The van der Waals surface area contributed by atoms with Gasteiger partial charge in [-0.3, -0.25) is 9.48 Å². The molecule has 0 aromatic carbocycles. The normalized spacial score (nSPS) is 9.95. The summed E-state index contributed by atoms with van der Waals surface area (Å²) in [6.45, 7) is 4.57. The highest BCUT2D eigenvalue weighted by atomic mass is 16.4. The molecule has 0 spiro atoms. The minimum atomic E-state index is -1.09. The monoisotopic (exact) mass is 292 g/mol. The summed E-state index contributed by atoms with van der Waals surface area (Å²) < 4.78 is 1.87. The van der Waals surface area contributed by atoms with Crippen LogP contribution >= 0.6 is 0 Å². The van der Waals surface area contributed by atoms with Crippen LogP contribution in [0.4, 0.5) is 4.79 Å². The van der Waals surface area contributed by atoms with Crippen LogP contribution < -0.4 is 5.32 Å². The van der Waals surface area contributed by atoms with Gasteiger partial charge in [-0.25, -0.2) is 4.79 Å². The maximum atomic E-state index is 11.8. The number of nitrogens with one attached hydrogen (secondary N) is 1. The smallest absolute Gasteiger partial charge is 0.323 e.